The van der Waals surface area contributed by atoms with Crippen LogP contribution < -0.4 is 0 Å². The van der Waals surface area contributed by atoms with Crippen LogP contribution in [0.25, 0.3) is 0 Å². The van der Waals surface area contributed by atoms with E-state index in [-0.39, 0.29) is 11.3 Å². The Morgan fingerprint density at radius 2 is 1.79 bits per heavy atom. The van der Waals surface area contributed by atoms with Gasteiger partial charge in [-0.15, -0.1) is 0 Å². The van der Waals surface area contributed by atoms with Gasteiger partial charge < -0.3 is 5.11 Å². The normalized spacial score (nSPS) is 10.1. The molecule has 5 heteroatoms. The first-order chi connectivity index (χ1) is 9.06. The van der Waals surface area contributed by atoms with E-state index in [9.17, 15) is 14.9 Å². The van der Waals surface area contributed by atoms with Crippen LogP contribution in [0.2, 0.25) is 0 Å². The number of hydrogen-bond donors (Lipinski definition) is 1. The maximum atomic E-state index is 10.9. The predicted octanol–water partition coefficient (Wildman–Crippen LogP) is 2.88. The maximum absolute atomic E-state index is 10.9. The van der Waals surface area contributed by atoms with E-state index in [0.29, 0.717) is 6.42 Å². The number of carbonyl (C=O) groups is 1. The molecule has 2 aromatic carbocycles. The van der Waals surface area contributed by atoms with Gasteiger partial charge in [0.15, 0.2) is 0 Å². The van der Waals surface area contributed by atoms with Crippen LogP contribution >= 0.6 is 0 Å². The highest BCUT2D eigenvalue weighted by molar-refractivity contribution is 5.87. The van der Waals surface area contributed by atoms with E-state index < -0.39 is 10.9 Å². The second kappa shape index (κ2) is 5.30. The highest BCUT2D eigenvalue weighted by atomic mass is 16.6. The van der Waals surface area contributed by atoms with Crippen molar-refractivity contribution in [3.63, 3.8) is 0 Å². The van der Waals surface area contributed by atoms with Crippen molar-refractivity contribution in [3.8, 4) is 0 Å². The van der Waals surface area contributed by atoms with E-state index in [4.69, 9.17) is 5.11 Å². The lowest BCUT2D eigenvalue weighted by Gasteiger charge is -2.03. The number of nitrogens with zero attached hydrogens (tertiary/aromatic N) is 1. The summed E-state index contributed by atoms with van der Waals surface area (Å²) in [6, 6.07) is 12.9. The van der Waals surface area contributed by atoms with Crippen molar-refractivity contribution in [3.05, 3.63) is 75.3 Å². The van der Waals surface area contributed by atoms with Crippen LogP contribution in [0.4, 0.5) is 5.69 Å². The van der Waals surface area contributed by atoms with E-state index in [1.807, 2.05) is 6.07 Å². The van der Waals surface area contributed by atoms with Crippen molar-refractivity contribution in [1.82, 2.24) is 0 Å². The third-order valence-electron chi connectivity index (χ3n) is 2.73. The van der Waals surface area contributed by atoms with Gasteiger partial charge >= 0.3 is 5.97 Å². The highest BCUT2D eigenvalue weighted by Gasteiger charge is 2.06. The van der Waals surface area contributed by atoms with Crippen molar-refractivity contribution in [2.24, 2.45) is 0 Å². The summed E-state index contributed by atoms with van der Waals surface area (Å²) in [7, 11) is 0. The first-order valence-corrected chi connectivity index (χ1v) is 5.62. The molecule has 0 bridgehead atoms. The number of benzene rings is 2. The quantitative estimate of drug-likeness (QED) is 0.674. The van der Waals surface area contributed by atoms with Gasteiger partial charge in [0.2, 0.25) is 0 Å². The van der Waals surface area contributed by atoms with E-state index in [0.717, 1.165) is 11.1 Å². The van der Waals surface area contributed by atoms with Gasteiger partial charge in [-0.1, -0.05) is 24.3 Å². The highest BCUT2D eigenvalue weighted by Crippen LogP contribution is 2.16. The molecule has 96 valence electrons. The molecule has 0 spiro atoms. The van der Waals surface area contributed by atoms with Gasteiger partial charge in [-0.25, -0.2) is 4.79 Å². The lowest BCUT2D eigenvalue weighted by molar-refractivity contribution is -0.384. The molecule has 0 aliphatic heterocycles. The number of carboxylic acids is 1. The molecule has 0 aliphatic carbocycles. The Labute approximate surface area is 109 Å². The van der Waals surface area contributed by atoms with Crippen LogP contribution in [0, 0.1) is 10.1 Å². The zero-order chi connectivity index (χ0) is 13.8. The molecular weight excluding hydrogens is 246 g/mol. The monoisotopic (exact) mass is 257 g/mol. The molecule has 0 amide bonds. The van der Waals surface area contributed by atoms with Crippen molar-refractivity contribution in [2.75, 3.05) is 0 Å². The molecule has 2 rings (SSSR count). The van der Waals surface area contributed by atoms with Crippen LogP contribution in [-0.4, -0.2) is 16.0 Å². The minimum absolute atomic E-state index is 0.0445. The minimum Gasteiger partial charge on any atom is -0.478 e. The molecule has 5 nitrogen and oxygen atoms in total. The smallest absolute Gasteiger partial charge is 0.335 e. The fourth-order valence-electron chi connectivity index (χ4n) is 1.79. The molecule has 0 heterocycles. The number of aromatic carboxylic acids is 1. The topological polar surface area (TPSA) is 80.4 Å². The molecule has 0 unspecified atom stereocenters. The summed E-state index contributed by atoms with van der Waals surface area (Å²) in [6.45, 7) is 0. The van der Waals surface area contributed by atoms with E-state index in [2.05, 4.69) is 0 Å². The van der Waals surface area contributed by atoms with Gasteiger partial charge in [0.1, 0.15) is 0 Å². The number of hydrogen-bond acceptors (Lipinski definition) is 3. The predicted molar refractivity (Wildman–Crippen MR) is 69.3 cm³/mol. The van der Waals surface area contributed by atoms with Crippen molar-refractivity contribution < 1.29 is 14.8 Å². The molecule has 0 fully saturated rings. The van der Waals surface area contributed by atoms with Gasteiger partial charge in [0.05, 0.1) is 10.5 Å². The molecule has 19 heavy (non-hydrogen) atoms. The van der Waals surface area contributed by atoms with Crippen LogP contribution in [-0.2, 0) is 6.42 Å². The molecule has 1 N–H and O–H groups in total. The second-order valence-electron chi connectivity index (χ2n) is 4.11. The van der Waals surface area contributed by atoms with Gasteiger partial charge in [-0.2, -0.15) is 0 Å². The van der Waals surface area contributed by atoms with Gasteiger partial charge in [0.25, 0.3) is 5.69 Å². The Morgan fingerprint density at radius 3 is 2.37 bits per heavy atom. The summed E-state index contributed by atoms with van der Waals surface area (Å²) in [6.07, 6.45) is 0.541. The van der Waals surface area contributed by atoms with Crippen LogP contribution in [0.5, 0.6) is 0 Å². The van der Waals surface area contributed by atoms with Gasteiger partial charge in [-0.05, 0) is 29.7 Å². The van der Waals surface area contributed by atoms with Gasteiger partial charge in [0, 0.05) is 12.1 Å². The van der Waals surface area contributed by atoms with Gasteiger partial charge in [-0.3, -0.25) is 10.1 Å². The van der Waals surface area contributed by atoms with Crippen LogP contribution in [0.1, 0.15) is 21.5 Å². The number of rotatable bonds is 4. The fourth-order valence-corrected chi connectivity index (χ4v) is 1.79. The largest absolute Gasteiger partial charge is 0.478 e. The maximum Gasteiger partial charge on any atom is 0.335 e. The molecule has 0 aromatic heterocycles. The molecule has 0 aliphatic rings. The molecule has 0 radical (unpaired) electrons. The second-order valence-corrected chi connectivity index (χ2v) is 4.11. The first kappa shape index (κ1) is 12.8. The van der Waals surface area contributed by atoms with Crippen LogP contribution in [0.15, 0.2) is 48.5 Å². The lowest BCUT2D eigenvalue weighted by atomic mass is 10.0. The van der Waals surface area contributed by atoms with E-state index in [1.54, 1.807) is 24.3 Å². The molecule has 0 saturated heterocycles. The van der Waals surface area contributed by atoms with Crippen molar-refractivity contribution in [1.29, 1.82) is 0 Å². The third kappa shape index (κ3) is 3.16. The number of nitro benzene ring substituents is 1. The summed E-state index contributed by atoms with van der Waals surface area (Å²) in [5, 5.41) is 19.4. The minimum atomic E-state index is -0.967. The summed E-state index contributed by atoms with van der Waals surface area (Å²) >= 11 is 0. The lowest BCUT2D eigenvalue weighted by Crippen LogP contribution is -1.97. The molecular formula is C14H11NO4. The summed E-state index contributed by atoms with van der Waals surface area (Å²) in [5.41, 5.74) is 2.03. The number of carboxylic acid groups (broad SMARTS) is 1. The number of non-ortho nitro benzene ring substituents is 1. The average Bonchev–Trinajstić information content (AvgIpc) is 2.39. The van der Waals surface area contributed by atoms with Crippen molar-refractivity contribution in [2.45, 2.75) is 6.42 Å². The summed E-state index contributed by atoms with van der Waals surface area (Å²) < 4.78 is 0. The Balaban J connectivity index is 2.19. The standard InChI is InChI=1S/C14H11NO4/c16-14(17)12-3-1-2-11(9-12)8-10-4-6-13(7-5-10)15(18)19/h1-7,9H,8H2,(H,16,17). The Kier molecular flexibility index (Phi) is 3.56. The molecule has 2 aromatic rings. The van der Waals surface area contributed by atoms with Crippen LogP contribution in [0.3, 0.4) is 0 Å². The summed E-state index contributed by atoms with van der Waals surface area (Å²) in [4.78, 5) is 20.9. The van der Waals surface area contributed by atoms with Crippen molar-refractivity contribution >= 4 is 11.7 Å². The average molecular weight is 257 g/mol. The van der Waals surface area contributed by atoms with E-state index in [1.165, 1.54) is 18.2 Å². The Morgan fingerprint density at radius 1 is 1.11 bits per heavy atom. The zero-order valence-corrected chi connectivity index (χ0v) is 9.95. The zero-order valence-electron chi connectivity index (χ0n) is 9.95. The third-order valence-corrected chi connectivity index (χ3v) is 2.73. The molecule has 0 atom stereocenters. The Hall–Kier alpha value is -2.69. The summed E-state index contributed by atoms with van der Waals surface area (Å²) in [5.74, 6) is -0.967. The number of nitro groups is 1. The Bertz CT molecular complexity index is 620. The van der Waals surface area contributed by atoms with E-state index >= 15 is 0 Å². The fraction of sp³-hybridized carbons (Fsp3) is 0.0714. The molecule has 0 saturated carbocycles. The first-order valence-electron chi connectivity index (χ1n) is 5.62. The SMILES string of the molecule is O=C(O)c1cccc(Cc2ccc([N+](=O)[O-])cc2)c1.